The number of hydrogen-bond donors (Lipinski definition) is 3. The number of nitrogens with zero attached hydrogens (tertiary/aromatic N) is 4. The SMILES string of the molecule is Cc1cccc(NC(=O)NCCNc2ccc(-n3cccn3)nn2)c1C. The molecule has 0 saturated heterocycles. The van der Waals surface area contributed by atoms with Gasteiger partial charge in [0, 0.05) is 31.2 Å². The second-order valence-electron chi connectivity index (χ2n) is 5.78. The summed E-state index contributed by atoms with van der Waals surface area (Å²) in [5.41, 5.74) is 3.02. The maximum Gasteiger partial charge on any atom is 0.319 e. The van der Waals surface area contributed by atoms with Gasteiger partial charge in [-0.05, 0) is 49.2 Å². The van der Waals surface area contributed by atoms with Crippen LogP contribution in [0.1, 0.15) is 11.1 Å². The highest BCUT2D eigenvalue weighted by Gasteiger charge is 2.05. The molecule has 8 heteroatoms. The van der Waals surface area contributed by atoms with E-state index in [0.29, 0.717) is 24.7 Å². The predicted molar refractivity (Wildman–Crippen MR) is 101 cm³/mol. The molecule has 0 aliphatic rings. The molecule has 0 bridgehead atoms. The van der Waals surface area contributed by atoms with Crippen LogP contribution in [0.25, 0.3) is 5.82 Å². The van der Waals surface area contributed by atoms with Crippen molar-refractivity contribution in [2.45, 2.75) is 13.8 Å². The third kappa shape index (κ3) is 4.35. The number of nitrogens with one attached hydrogen (secondary N) is 3. The summed E-state index contributed by atoms with van der Waals surface area (Å²) in [6, 6.07) is 11.1. The van der Waals surface area contributed by atoms with E-state index in [9.17, 15) is 4.79 Å². The van der Waals surface area contributed by atoms with Crippen LogP contribution < -0.4 is 16.0 Å². The number of amides is 2. The quantitative estimate of drug-likeness (QED) is 0.593. The molecule has 1 aromatic carbocycles. The number of hydrogen-bond acceptors (Lipinski definition) is 5. The van der Waals surface area contributed by atoms with Gasteiger partial charge in [-0.3, -0.25) is 0 Å². The molecule has 0 radical (unpaired) electrons. The molecule has 0 unspecified atom stereocenters. The van der Waals surface area contributed by atoms with Crippen molar-refractivity contribution < 1.29 is 4.79 Å². The summed E-state index contributed by atoms with van der Waals surface area (Å²) in [6.45, 7) is 4.99. The Hall–Kier alpha value is -3.42. The van der Waals surface area contributed by atoms with Gasteiger partial charge in [-0.25, -0.2) is 9.48 Å². The number of carbonyl (C=O) groups excluding carboxylic acids is 1. The van der Waals surface area contributed by atoms with Crippen LogP contribution in [0.4, 0.5) is 16.3 Å². The number of rotatable bonds is 6. The average Bonchev–Trinajstić information content (AvgIpc) is 3.18. The van der Waals surface area contributed by atoms with E-state index >= 15 is 0 Å². The smallest absolute Gasteiger partial charge is 0.319 e. The first-order valence-corrected chi connectivity index (χ1v) is 8.32. The van der Waals surface area contributed by atoms with Crippen molar-refractivity contribution in [1.29, 1.82) is 0 Å². The van der Waals surface area contributed by atoms with Crippen LogP contribution in [-0.2, 0) is 0 Å². The molecule has 26 heavy (non-hydrogen) atoms. The molecule has 2 heterocycles. The number of carbonyl (C=O) groups is 1. The number of benzene rings is 1. The molecule has 0 aliphatic carbocycles. The Labute approximate surface area is 151 Å². The lowest BCUT2D eigenvalue weighted by Gasteiger charge is -2.12. The minimum absolute atomic E-state index is 0.236. The number of aryl methyl sites for hydroxylation is 1. The van der Waals surface area contributed by atoms with Crippen molar-refractivity contribution in [2.24, 2.45) is 0 Å². The third-order valence-corrected chi connectivity index (χ3v) is 3.96. The van der Waals surface area contributed by atoms with E-state index in [1.54, 1.807) is 17.1 Å². The van der Waals surface area contributed by atoms with E-state index in [1.165, 1.54) is 0 Å². The van der Waals surface area contributed by atoms with Crippen molar-refractivity contribution >= 4 is 17.5 Å². The van der Waals surface area contributed by atoms with Crippen LogP contribution in [0, 0.1) is 13.8 Å². The largest absolute Gasteiger partial charge is 0.367 e. The summed E-state index contributed by atoms with van der Waals surface area (Å²) in [6.07, 6.45) is 3.48. The lowest BCUT2D eigenvalue weighted by Crippen LogP contribution is -2.33. The number of urea groups is 1. The van der Waals surface area contributed by atoms with Gasteiger partial charge in [-0.1, -0.05) is 12.1 Å². The summed E-state index contributed by atoms with van der Waals surface area (Å²) in [4.78, 5) is 12.0. The highest BCUT2D eigenvalue weighted by atomic mass is 16.2. The monoisotopic (exact) mass is 351 g/mol. The van der Waals surface area contributed by atoms with Crippen LogP contribution in [0.5, 0.6) is 0 Å². The van der Waals surface area contributed by atoms with E-state index < -0.39 is 0 Å². The molecule has 0 spiro atoms. The van der Waals surface area contributed by atoms with Gasteiger partial charge in [0.25, 0.3) is 0 Å². The maximum absolute atomic E-state index is 12.0. The lowest BCUT2D eigenvalue weighted by atomic mass is 10.1. The molecule has 0 saturated carbocycles. The Kier molecular flexibility index (Phi) is 5.43. The van der Waals surface area contributed by atoms with Gasteiger partial charge in [-0.2, -0.15) is 5.10 Å². The van der Waals surface area contributed by atoms with Gasteiger partial charge < -0.3 is 16.0 Å². The summed E-state index contributed by atoms with van der Waals surface area (Å²) < 4.78 is 1.63. The fraction of sp³-hybridized carbons (Fsp3) is 0.222. The van der Waals surface area contributed by atoms with Crippen LogP contribution in [0.2, 0.25) is 0 Å². The van der Waals surface area contributed by atoms with E-state index in [0.717, 1.165) is 16.8 Å². The molecular formula is C18H21N7O. The Morgan fingerprint density at radius 3 is 2.69 bits per heavy atom. The van der Waals surface area contributed by atoms with Crippen molar-refractivity contribution in [3.63, 3.8) is 0 Å². The van der Waals surface area contributed by atoms with E-state index in [2.05, 4.69) is 31.2 Å². The molecule has 3 rings (SSSR count). The minimum atomic E-state index is -0.236. The zero-order valence-corrected chi connectivity index (χ0v) is 14.7. The molecule has 8 nitrogen and oxygen atoms in total. The highest BCUT2D eigenvalue weighted by Crippen LogP contribution is 2.17. The molecular weight excluding hydrogens is 330 g/mol. The minimum Gasteiger partial charge on any atom is -0.367 e. The number of aromatic nitrogens is 4. The van der Waals surface area contributed by atoms with Gasteiger partial charge in [0.1, 0.15) is 5.82 Å². The predicted octanol–water partition coefficient (Wildman–Crippen LogP) is 2.51. The van der Waals surface area contributed by atoms with Crippen molar-refractivity contribution in [2.75, 3.05) is 23.7 Å². The first-order valence-electron chi connectivity index (χ1n) is 8.32. The fourth-order valence-electron chi connectivity index (χ4n) is 2.37. The summed E-state index contributed by atoms with van der Waals surface area (Å²) in [7, 11) is 0. The lowest BCUT2D eigenvalue weighted by molar-refractivity contribution is 0.252. The zero-order valence-electron chi connectivity index (χ0n) is 14.7. The normalized spacial score (nSPS) is 10.4. The van der Waals surface area contributed by atoms with Gasteiger partial charge in [0.2, 0.25) is 0 Å². The third-order valence-electron chi connectivity index (χ3n) is 3.96. The second-order valence-corrected chi connectivity index (χ2v) is 5.78. The topological polar surface area (TPSA) is 96.8 Å². The van der Waals surface area contributed by atoms with E-state index in [4.69, 9.17) is 0 Å². The standard InChI is InChI=1S/C18H21N7O/c1-13-5-3-6-15(14(13)2)22-18(26)20-11-10-19-16-7-8-17(24-23-16)25-12-4-9-21-25/h3-9,12H,10-11H2,1-2H3,(H,19,23)(H2,20,22,26). The van der Waals surface area contributed by atoms with Crippen LogP contribution in [0.3, 0.4) is 0 Å². The summed E-state index contributed by atoms with van der Waals surface area (Å²) >= 11 is 0. The zero-order chi connectivity index (χ0) is 18.4. The van der Waals surface area contributed by atoms with Crippen LogP contribution >= 0.6 is 0 Å². The van der Waals surface area contributed by atoms with Gasteiger partial charge in [0.05, 0.1) is 0 Å². The summed E-state index contributed by atoms with van der Waals surface area (Å²) in [5.74, 6) is 1.28. The Morgan fingerprint density at radius 2 is 1.96 bits per heavy atom. The average molecular weight is 351 g/mol. The second kappa shape index (κ2) is 8.11. The van der Waals surface area contributed by atoms with Gasteiger partial charge >= 0.3 is 6.03 Å². The van der Waals surface area contributed by atoms with Crippen molar-refractivity contribution in [3.8, 4) is 5.82 Å². The Morgan fingerprint density at radius 1 is 1.08 bits per heavy atom. The molecule has 0 aliphatic heterocycles. The molecule has 0 atom stereocenters. The maximum atomic E-state index is 12.0. The summed E-state index contributed by atoms with van der Waals surface area (Å²) in [5, 5.41) is 21.1. The molecule has 2 amide bonds. The van der Waals surface area contributed by atoms with Crippen LogP contribution in [0.15, 0.2) is 48.8 Å². The molecule has 2 aromatic heterocycles. The van der Waals surface area contributed by atoms with Crippen molar-refractivity contribution in [1.82, 2.24) is 25.3 Å². The van der Waals surface area contributed by atoms with E-state index in [1.807, 2.05) is 50.2 Å². The molecule has 134 valence electrons. The van der Waals surface area contributed by atoms with Gasteiger partial charge in [0.15, 0.2) is 5.82 Å². The first kappa shape index (κ1) is 17.4. The van der Waals surface area contributed by atoms with Crippen LogP contribution in [-0.4, -0.2) is 39.1 Å². The van der Waals surface area contributed by atoms with E-state index in [-0.39, 0.29) is 6.03 Å². The van der Waals surface area contributed by atoms with Gasteiger partial charge in [-0.15, -0.1) is 10.2 Å². The molecule has 0 fully saturated rings. The molecule has 3 aromatic rings. The Bertz CT molecular complexity index is 860. The van der Waals surface area contributed by atoms with Crippen molar-refractivity contribution in [3.05, 3.63) is 59.9 Å². The first-order chi connectivity index (χ1) is 12.6. The molecule has 3 N–H and O–H groups in total. The Balaban J connectivity index is 1.42. The fourth-order valence-corrected chi connectivity index (χ4v) is 2.37. The highest BCUT2D eigenvalue weighted by molar-refractivity contribution is 5.90. The number of anilines is 2.